The van der Waals surface area contributed by atoms with Gasteiger partial charge in [-0.25, -0.2) is 13.4 Å². The van der Waals surface area contributed by atoms with Crippen LogP contribution in [0.15, 0.2) is 65.7 Å². The van der Waals surface area contributed by atoms with E-state index in [2.05, 4.69) is 15.0 Å². The van der Waals surface area contributed by atoms with Crippen molar-refractivity contribution in [3.05, 3.63) is 71.5 Å². The molecule has 0 fully saturated rings. The number of anilines is 2. The number of rotatable bonds is 5. The summed E-state index contributed by atoms with van der Waals surface area (Å²) in [6, 6.07) is 14.1. The van der Waals surface area contributed by atoms with E-state index in [0.717, 1.165) is 0 Å². The smallest absolute Gasteiger partial charge is 0.264 e. The zero-order valence-corrected chi connectivity index (χ0v) is 17.0. The van der Waals surface area contributed by atoms with Crippen LogP contribution in [0.2, 0.25) is 5.15 Å². The van der Waals surface area contributed by atoms with Crippen molar-refractivity contribution in [2.45, 2.75) is 4.90 Å². The van der Waals surface area contributed by atoms with Crippen LogP contribution in [0.3, 0.4) is 0 Å². The number of nitrogens with one attached hydrogen (secondary N) is 2. The van der Waals surface area contributed by atoms with Crippen LogP contribution in [-0.4, -0.2) is 32.5 Å². The molecule has 10 heteroatoms. The number of benzene rings is 2. The standard InChI is InChI=1S/C20H16ClN3O5S/c21-19-18(6-3-9-22-19)30(26,27)24-15-5-2-1-4-14(15)20(25)23-13-7-8-16-17(12-13)29-11-10-28-16/h1-9,12,24H,10-11H2,(H,23,25). The molecule has 2 N–H and O–H groups in total. The molecule has 0 saturated heterocycles. The number of carbonyl (C=O) groups is 1. The van der Waals surface area contributed by atoms with Crippen LogP contribution in [0.4, 0.5) is 11.4 Å². The van der Waals surface area contributed by atoms with E-state index in [1.807, 2.05) is 0 Å². The van der Waals surface area contributed by atoms with Gasteiger partial charge in [0.1, 0.15) is 23.3 Å². The minimum Gasteiger partial charge on any atom is -0.486 e. The number of halogens is 1. The molecule has 0 saturated carbocycles. The zero-order valence-electron chi connectivity index (χ0n) is 15.5. The lowest BCUT2D eigenvalue weighted by molar-refractivity contribution is 0.102. The van der Waals surface area contributed by atoms with Crippen LogP contribution in [0.5, 0.6) is 11.5 Å². The first-order valence-corrected chi connectivity index (χ1v) is 10.7. The molecule has 4 rings (SSSR count). The van der Waals surface area contributed by atoms with Gasteiger partial charge in [0, 0.05) is 18.0 Å². The number of ether oxygens (including phenoxy) is 2. The van der Waals surface area contributed by atoms with Crippen molar-refractivity contribution in [3.8, 4) is 11.5 Å². The van der Waals surface area contributed by atoms with E-state index in [4.69, 9.17) is 21.1 Å². The number of hydrogen-bond donors (Lipinski definition) is 2. The first-order chi connectivity index (χ1) is 14.4. The van der Waals surface area contributed by atoms with E-state index in [1.54, 1.807) is 30.3 Å². The lowest BCUT2D eigenvalue weighted by Gasteiger charge is -2.19. The third-order valence-electron chi connectivity index (χ3n) is 4.23. The Hall–Kier alpha value is -3.30. The van der Waals surface area contributed by atoms with E-state index in [9.17, 15) is 13.2 Å². The number of sulfonamides is 1. The van der Waals surface area contributed by atoms with Crippen molar-refractivity contribution in [1.29, 1.82) is 0 Å². The van der Waals surface area contributed by atoms with Crippen LogP contribution in [-0.2, 0) is 10.0 Å². The molecule has 3 aromatic rings. The highest BCUT2D eigenvalue weighted by Crippen LogP contribution is 2.33. The molecule has 0 unspecified atom stereocenters. The highest BCUT2D eigenvalue weighted by Gasteiger charge is 2.22. The summed E-state index contributed by atoms with van der Waals surface area (Å²) in [5, 5.41) is 2.57. The fraction of sp³-hybridized carbons (Fsp3) is 0.100. The second-order valence-electron chi connectivity index (χ2n) is 6.26. The number of pyridine rings is 1. The number of fused-ring (bicyclic) bond motifs is 1. The average molecular weight is 446 g/mol. The summed E-state index contributed by atoms with van der Waals surface area (Å²) in [7, 11) is -4.05. The van der Waals surface area contributed by atoms with Gasteiger partial charge in [-0.15, -0.1) is 0 Å². The largest absolute Gasteiger partial charge is 0.486 e. The maximum Gasteiger partial charge on any atom is 0.264 e. The maximum absolute atomic E-state index is 12.8. The number of hydrogen-bond acceptors (Lipinski definition) is 6. The molecule has 0 radical (unpaired) electrons. The van der Waals surface area contributed by atoms with Gasteiger partial charge in [-0.05, 0) is 36.4 Å². The van der Waals surface area contributed by atoms with Crippen molar-refractivity contribution in [3.63, 3.8) is 0 Å². The average Bonchev–Trinajstić information content (AvgIpc) is 2.74. The summed E-state index contributed by atoms with van der Waals surface area (Å²) in [6.45, 7) is 0.888. The van der Waals surface area contributed by atoms with Crippen LogP contribution < -0.4 is 19.5 Å². The second-order valence-corrected chi connectivity index (χ2v) is 8.26. The maximum atomic E-state index is 12.8. The summed E-state index contributed by atoms with van der Waals surface area (Å²) in [5.41, 5.74) is 0.723. The van der Waals surface area contributed by atoms with E-state index in [0.29, 0.717) is 30.4 Å². The molecular weight excluding hydrogens is 430 g/mol. The zero-order chi connectivity index (χ0) is 21.1. The van der Waals surface area contributed by atoms with Crippen molar-refractivity contribution in [2.75, 3.05) is 23.3 Å². The fourth-order valence-corrected chi connectivity index (χ4v) is 4.39. The Morgan fingerprint density at radius 1 is 1.00 bits per heavy atom. The Morgan fingerprint density at radius 2 is 1.77 bits per heavy atom. The Bertz CT molecular complexity index is 1220. The van der Waals surface area contributed by atoms with E-state index < -0.39 is 15.9 Å². The molecule has 30 heavy (non-hydrogen) atoms. The van der Waals surface area contributed by atoms with Crippen molar-refractivity contribution >= 4 is 38.9 Å². The van der Waals surface area contributed by atoms with Crippen LogP contribution >= 0.6 is 11.6 Å². The number of amides is 1. The molecular formula is C20H16ClN3O5S. The fourth-order valence-electron chi connectivity index (χ4n) is 2.86. The van der Waals surface area contributed by atoms with Crippen molar-refractivity contribution in [2.24, 2.45) is 0 Å². The Labute approximate surface area is 177 Å². The van der Waals surface area contributed by atoms with Crippen LogP contribution in [0.25, 0.3) is 0 Å². The molecule has 2 heterocycles. The molecule has 0 aliphatic carbocycles. The van der Waals surface area contributed by atoms with Gasteiger partial charge >= 0.3 is 0 Å². The number of para-hydroxylation sites is 1. The van der Waals surface area contributed by atoms with E-state index in [1.165, 1.54) is 30.5 Å². The van der Waals surface area contributed by atoms with Gasteiger partial charge in [-0.3, -0.25) is 9.52 Å². The van der Waals surface area contributed by atoms with Crippen LogP contribution in [0.1, 0.15) is 10.4 Å². The SMILES string of the molecule is O=C(Nc1ccc2c(c1)OCCO2)c1ccccc1NS(=O)(=O)c1cccnc1Cl. The summed E-state index contributed by atoms with van der Waals surface area (Å²) in [4.78, 5) is 16.4. The molecule has 1 aliphatic heterocycles. The summed E-state index contributed by atoms with van der Waals surface area (Å²) in [5.74, 6) is 0.627. The van der Waals surface area contributed by atoms with Gasteiger partial charge in [-0.1, -0.05) is 23.7 Å². The molecule has 0 atom stereocenters. The third kappa shape index (κ3) is 4.17. The van der Waals surface area contributed by atoms with E-state index >= 15 is 0 Å². The molecule has 1 aliphatic rings. The number of nitrogens with zero attached hydrogens (tertiary/aromatic N) is 1. The summed E-state index contributed by atoms with van der Waals surface area (Å²) < 4.78 is 38.8. The molecule has 8 nitrogen and oxygen atoms in total. The summed E-state index contributed by atoms with van der Waals surface area (Å²) >= 11 is 5.91. The molecule has 1 aromatic heterocycles. The number of carbonyl (C=O) groups excluding carboxylic acids is 1. The van der Waals surface area contributed by atoms with Gasteiger partial charge in [0.05, 0.1) is 11.3 Å². The highest BCUT2D eigenvalue weighted by molar-refractivity contribution is 7.92. The molecule has 2 aromatic carbocycles. The molecule has 1 amide bonds. The number of aromatic nitrogens is 1. The van der Waals surface area contributed by atoms with Crippen molar-refractivity contribution < 1.29 is 22.7 Å². The monoisotopic (exact) mass is 445 g/mol. The third-order valence-corrected chi connectivity index (χ3v) is 6.04. The minimum absolute atomic E-state index is 0.104. The molecule has 154 valence electrons. The van der Waals surface area contributed by atoms with Gasteiger partial charge in [0.25, 0.3) is 15.9 Å². The lowest BCUT2D eigenvalue weighted by atomic mass is 10.1. The topological polar surface area (TPSA) is 107 Å². The minimum atomic E-state index is -4.05. The Kier molecular flexibility index (Phi) is 5.47. The predicted octanol–water partition coefficient (Wildman–Crippen LogP) is 3.56. The van der Waals surface area contributed by atoms with Crippen LogP contribution in [0, 0.1) is 0 Å². The van der Waals surface area contributed by atoms with Crippen molar-refractivity contribution in [1.82, 2.24) is 4.98 Å². The lowest BCUT2D eigenvalue weighted by Crippen LogP contribution is -2.19. The van der Waals surface area contributed by atoms with Gasteiger partial charge in [0.15, 0.2) is 11.5 Å². The Morgan fingerprint density at radius 3 is 2.57 bits per heavy atom. The quantitative estimate of drug-likeness (QED) is 0.581. The second kappa shape index (κ2) is 8.21. The predicted molar refractivity (Wildman–Crippen MR) is 112 cm³/mol. The van der Waals surface area contributed by atoms with E-state index in [-0.39, 0.29) is 21.3 Å². The van der Waals surface area contributed by atoms with Gasteiger partial charge in [-0.2, -0.15) is 0 Å². The molecule has 0 bridgehead atoms. The highest BCUT2D eigenvalue weighted by atomic mass is 35.5. The molecule has 0 spiro atoms. The van der Waals surface area contributed by atoms with Gasteiger partial charge < -0.3 is 14.8 Å². The summed E-state index contributed by atoms with van der Waals surface area (Å²) in [6.07, 6.45) is 1.39. The first kappa shape index (κ1) is 20.0. The Balaban J connectivity index is 1.59. The van der Waals surface area contributed by atoms with Gasteiger partial charge in [0.2, 0.25) is 0 Å². The first-order valence-electron chi connectivity index (χ1n) is 8.87. The normalized spacial score (nSPS) is 12.8.